The first-order chi connectivity index (χ1) is 14.1. The molecule has 4 aromatic rings. The molecule has 0 aliphatic rings. The van der Waals surface area contributed by atoms with Crippen LogP contribution in [-0.2, 0) is 11.3 Å². The molecule has 0 bridgehead atoms. The molecule has 29 heavy (non-hydrogen) atoms. The van der Waals surface area contributed by atoms with Gasteiger partial charge in [0.05, 0.1) is 5.69 Å². The fraction of sp³-hybridized carbons (Fsp3) is 0.0909. The van der Waals surface area contributed by atoms with Gasteiger partial charge in [0.15, 0.2) is 0 Å². The van der Waals surface area contributed by atoms with E-state index in [1.807, 2.05) is 31.2 Å². The number of nitrogens with zero attached hydrogens (tertiary/aromatic N) is 3. The molecule has 0 unspecified atom stereocenters. The summed E-state index contributed by atoms with van der Waals surface area (Å²) in [5.41, 5.74) is 1.75. The maximum atomic E-state index is 12.6. The fourth-order valence-electron chi connectivity index (χ4n) is 2.78. The third kappa shape index (κ3) is 4.14. The minimum atomic E-state index is -0.616. The Balaban J connectivity index is 1.53. The number of carbonyl (C=O) groups excluding carboxylic acids is 1. The summed E-state index contributed by atoms with van der Waals surface area (Å²) >= 11 is 0. The fourth-order valence-corrected chi connectivity index (χ4v) is 2.78. The first-order valence-corrected chi connectivity index (χ1v) is 8.94. The van der Waals surface area contributed by atoms with Gasteiger partial charge >= 0.3 is 5.97 Å². The number of ether oxygens (including phenoxy) is 2. The average molecular weight is 387 g/mol. The van der Waals surface area contributed by atoms with Crippen molar-refractivity contribution in [3.63, 3.8) is 0 Å². The molecule has 0 saturated heterocycles. The molecule has 0 fully saturated rings. The standard InChI is InChI=1S/C22H17N3O4/c1-15-9-10-19-24-16(12-20(26)25(19)13-15)14-28-22(27)18-8-5-11-23-21(18)29-17-6-3-2-4-7-17/h2-13H,14H2,1H3. The molecule has 0 spiro atoms. The second kappa shape index (κ2) is 7.93. The van der Waals surface area contributed by atoms with Gasteiger partial charge in [-0.25, -0.2) is 14.8 Å². The summed E-state index contributed by atoms with van der Waals surface area (Å²) in [4.78, 5) is 33.3. The molecule has 4 rings (SSSR count). The molecule has 7 heteroatoms. The van der Waals surface area contributed by atoms with Crippen molar-refractivity contribution in [1.82, 2.24) is 14.4 Å². The third-order valence-electron chi connectivity index (χ3n) is 4.16. The van der Waals surface area contributed by atoms with E-state index >= 15 is 0 Å². The summed E-state index contributed by atoms with van der Waals surface area (Å²) in [6.07, 6.45) is 3.24. The second-order valence-corrected chi connectivity index (χ2v) is 6.37. The van der Waals surface area contributed by atoms with Crippen LogP contribution in [0.25, 0.3) is 5.65 Å². The minimum absolute atomic E-state index is 0.141. The van der Waals surface area contributed by atoms with Crippen LogP contribution in [0.4, 0.5) is 0 Å². The van der Waals surface area contributed by atoms with E-state index in [4.69, 9.17) is 9.47 Å². The summed E-state index contributed by atoms with van der Waals surface area (Å²) in [6.45, 7) is 1.75. The zero-order chi connectivity index (χ0) is 20.2. The lowest BCUT2D eigenvalue weighted by atomic mass is 10.2. The van der Waals surface area contributed by atoms with E-state index in [0.29, 0.717) is 17.1 Å². The molecular weight excluding hydrogens is 370 g/mol. The Labute approximate surface area is 166 Å². The van der Waals surface area contributed by atoms with Crippen molar-refractivity contribution < 1.29 is 14.3 Å². The van der Waals surface area contributed by atoms with E-state index in [1.54, 1.807) is 36.5 Å². The van der Waals surface area contributed by atoms with E-state index < -0.39 is 5.97 Å². The maximum absolute atomic E-state index is 12.6. The number of aromatic nitrogens is 3. The molecule has 0 aliphatic carbocycles. The lowest BCUT2D eigenvalue weighted by molar-refractivity contribution is 0.0464. The summed E-state index contributed by atoms with van der Waals surface area (Å²) in [7, 11) is 0. The number of hydrogen-bond donors (Lipinski definition) is 0. The predicted octanol–water partition coefficient (Wildman–Crippen LogP) is 3.55. The number of rotatable bonds is 5. The molecular formula is C22H17N3O4. The molecule has 0 radical (unpaired) electrons. The number of carbonyl (C=O) groups is 1. The Hall–Kier alpha value is -4.00. The molecule has 1 aromatic carbocycles. The quantitative estimate of drug-likeness (QED) is 0.487. The molecule has 0 aliphatic heterocycles. The van der Waals surface area contributed by atoms with E-state index in [2.05, 4.69) is 9.97 Å². The van der Waals surface area contributed by atoms with Gasteiger partial charge in [-0.05, 0) is 42.8 Å². The van der Waals surface area contributed by atoms with Crippen LogP contribution >= 0.6 is 0 Å². The highest BCUT2D eigenvalue weighted by molar-refractivity contribution is 5.91. The van der Waals surface area contributed by atoms with Gasteiger partial charge in [-0.15, -0.1) is 0 Å². The predicted molar refractivity (Wildman–Crippen MR) is 106 cm³/mol. The van der Waals surface area contributed by atoms with Gasteiger partial charge in [0.2, 0.25) is 5.88 Å². The number of para-hydroxylation sites is 1. The number of aryl methyl sites for hydroxylation is 1. The molecule has 3 heterocycles. The Morgan fingerprint density at radius 1 is 1.07 bits per heavy atom. The monoisotopic (exact) mass is 387 g/mol. The molecule has 0 atom stereocenters. The molecule has 3 aromatic heterocycles. The Morgan fingerprint density at radius 3 is 2.72 bits per heavy atom. The normalized spacial score (nSPS) is 10.7. The molecule has 0 amide bonds. The number of esters is 1. The van der Waals surface area contributed by atoms with Crippen molar-refractivity contribution in [2.75, 3.05) is 0 Å². The highest BCUT2D eigenvalue weighted by atomic mass is 16.5. The Kier molecular flexibility index (Phi) is 5.03. The van der Waals surface area contributed by atoms with Crippen LogP contribution in [0.2, 0.25) is 0 Å². The summed E-state index contributed by atoms with van der Waals surface area (Å²) < 4.78 is 12.5. The lowest BCUT2D eigenvalue weighted by Gasteiger charge is -2.10. The van der Waals surface area contributed by atoms with Crippen LogP contribution in [0.5, 0.6) is 11.6 Å². The van der Waals surface area contributed by atoms with Gasteiger partial charge in [0.1, 0.15) is 23.6 Å². The lowest BCUT2D eigenvalue weighted by Crippen LogP contribution is -2.17. The van der Waals surface area contributed by atoms with Crippen molar-refractivity contribution in [1.29, 1.82) is 0 Å². The second-order valence-electron chi connectivity index (χ2n) is 6.37. The number of benzene rings is 1. The highest BCUT2D eigenvalue weighted by Crippen LogP contribution is 2.23. The van der Waals surface area contributed by atoms with Gasteiger partial charge < -0.3 is 9.47 Å². The largest absolute Gasteiger partial charge is 0.455 e. The Bertz CT molecular complexity index is 1240. The SMILES string of the molecule is Cc1ccc2nc(COC(=O)c3cccnc3Oc3ccccc3)cc(=O)n2c1. The Morgan fingerprint density at radius 2 is 1.90 bits per heavy atom. The molecule has 0 N–H and O–H groups in total. The van der Waals surface area contributed by atoms with Gasteiger partial charge in [-0.2, -0.15) is 0 Å². The molecule has 7 nitrogen and oxygen atoms in total. The summed E-state index contributed by atoms with van der Waals surface area (Å²) in [6, 6.07) is 17.2. The number of hydrogen-bond acceptors (Lipinski definition) is 6. The van der Waals surface area contributed by atoms with Crippen molar-refractivity contribution >= 4 is 11.6 Å². The van der Waals surface area contributed by atoms with Gasteiger partial charge in [0, 0.05) is 18.5 Å². The van der Waals surface area contributed by atoms with Gasteiger partial charge in [-0.1, -0.05) is 24.3 Å². The van der Waals surface area contributed by atoms with Crippen LogP contribution in [0.15, 0.2) is 77.9 Å². The van der Waals surface area contributed by atoms with E-state index in [9.17, 15) is 9.59 Å². The average Bonchev–Trinajstić information content (AvgIpc) is 2.74. The first-order valence-electron chi connectivity index (χ1n) is 8.94. The van der Waals surface area contributed by atoms with E-state index in [0.717, 1.165) is 5.56 Å². The van der Waals surface area contributed by atoms with Crippen LogP contribution in [-0.4, -0.2) is 20.3 Å². The number of pyridine rings is 2. The van der Waals surface area contributed by atoms with Crippen molar-refractivity contribution in [2.45, 2.75) is 13.5 Å². The van der Waals surface area contributed by atoms with Crippen LogP contribution in [0.3, 0.4) is 0 Å². The molecule has 0 saturated carbocycles. The van der Waals surface area contributed by atoms with Crippen LogP contribution < -0.4 is 10.3 Å². The van der Waals surface area contributed by atoms with Gasteiger partial charge in [-0.3, -0.25) is 9.20 Å². The van der Waals surface area contributed by atoms with Crippen molar-refractivity contribution in [3.05, 3.63) is 100 Å². The van der Waals surface area contributed by atoms with Gasteiger partial charge in [0.25, 0.3) is 5.56 Å². The highest BCUT2D eigenvalue weighted by Gasteiger charge is 2.16. The zero-order valence-corrected chi connectivity index (χ0v) is 15.6. The van der Waals surface area contributed by atoms with E-state index in [1.165, 1.54) is 16.7 Å². The topological polar surface area (TPSA) is 82.8 Å². The first kappa shape index (κ1) is 18.4. The maximum Gasteiger partial charge on any atom is 0.344 e. The summed E-state index contributed by atoms with van der Waals surface area (Å²) in [5.74, 6) is 0.0837. The molecule has 144 valence electrons. The minimum Gasteiger partial charge on any atom is -0.455 e. The van der Waals surface area contributed by atoms with E-state index in [-0.39, 0.29) is 23.6 Å². The zero-order valence-electron chi connectivity index (χ0n) is 15.6. The third-order valence-corrected chi connectivity index (χ3v) is 4.16. The van der Waals surface area contributed by atoms with Crippen molar-refractivity contribution in [2.24, 2.45) is 0 Å². The van der Waals surface area contributed by atoms with Crippen molar-refractivity contribution in [3.8, 4) is 11.6 Å². The summed E-state index contributed by atoms with van der Waals surface area (Å²) in [5, 5.41) is 0. The van der Waals surface area contributed by atoms with Crippen LogP contribution in [0, 0.1) is 6.92 Å². The smallest absolute Gasteiger partial charge is 0.344 e. The van der Waals surface area contributed by atoms with Crippen LogP contribution in [0.1, 0.15) is 21.6 Å². The number of fused-ring (bicyclic) bond motifs is 1.